The normalized spacial score (nSPS) is 12.5. The third-order valence-corrected chi connectivity index (χ3v) is 36.2. The summed E-state index contributed by atoms with van der Waals surface area (Å²) in [5.41, 5.74) is 0. The summed E-state index contributed by atoms with van der Waals surface area (Å²) in [6, 6.07) is 0. The molecule has 0 rings (SSSR count). The van der Waals surface area contributed by atoms with E-state index in [1.165, 1.54) is 79.5 Å². The summed E-state index contributed by atoms with van der Waals surface area (Å²) >= 11 is -7.01. The van der Waals surface area contributed by atoms with E-state index in [1.807, 2.05) is 0 Å². The Hall–Kier alpha value is 1.44. The molecule has 0 amide bonds. The van der Waals surface area contributed by atoms with E-state index in [9.17, 15) is 0 Å². The first kappa shape index (κ1) is 34.4. The Labute approximate surface area is 219 Å². The second kappa shape index (κ2) is 23.8. The number of hydrogen-bond acceptors (Lipinski definition) is 4. The van der Waals surface area contributed by atoms with Gasteiger partial charge in [0.25, 0.3) is 0 Å². The molecule has 4 nitrogen and oxygen atoms in total. The van der Waals surface area contributed by atoms with Gasteiger partial charge in [-0.2, -0.15) is 0 Å². The van der Waals surface area contributed by atoms with Crippen molar-refractivity contribution in [3.05, 3.63) is 0 Å². The quantitative estimate of drug-likeness (QED) is 0.0672. The summed E-state index contributed by atoms with van der Waals surface area (Å²) in [4.78, 5) is 0. The van der Waals surface area contributed by atoms with E-state index in [1.54, 1.807) is 0 Å². The summed E-state index contributed by atoms with van der Waals surface area (Å²) in [5.74, 6) is 0. The maximum atomic E-state index is 7.43. The molecule has 0 N–H and O–H groups in total. The van der Waals surface area contributed by atoms with Crippen LogP contribution in [-0.4, -0.2) is 58.6 Å². The van der Waals surface area contributed by atoms with Crippen LogP contribution >= 0.6 is 0 Å². The van der Waals surface area contributed by atoms with Crippen molar-refractivity contribution < 1.29 is 10.6 Å². The summed E-state index contributed by atoms with van der Waals surface area (Å²) in [6.45, 7) is 16.1. The maximum absolute atomic E-state index is 7.43. The van der Waals surface area contributed by atoms with Gasteiger partial charge in [-0.15, -0.1) is 0 Å². The van der Waals surface area contributed by atoms with Gasteiger partial charge in [0.05, 0.1) is 0 Å². The van der Waals surface area contributed by atoms with E-state index >= 15 is 0 Å². The summed E-state index contributed by atoms with van der Waals surface area (Å²) in [5, 5.41) is 0. The molecule has 0 bridgehead atoms. The van der Waals surface area contributed by atoms with E-state index in [2.05, 4.69) is 41.5 Å². The molecule has 0 spiro atoms. The number of rotatable bonds is 26. The third kappa shape index (κ3) is 17.5. The van der Waals surface area contributed by atoms with Gasteiger partial charge in [-0.3, -0.25) is 0 Å². The molecule has 33 heavy (non-hydrogen) atoms. The molecular formula is C27H60O4Sn2. The first-order valence-corrected chi connectivity index (χ1v) is 26.6. The van der Waals surface area contributed by atoms with E-state index in [-0.39, 0.29) is 0 Å². The van der Waals surface area contributed by atoms with Crippen LogP contribution in [-0.2, 0) is 10.6 Å². The minimum absolute atomic E-state index is 0.806. The monoisotopic (exact) mass is 688 g/mol. The molecule has 0 aromatic heterocycles. The first-order valence-electron chi connectivity index (χ1n) is 14.7. The minimum atomic E-state index is -3.70. The SMILES string of the molecule is CCCCC[O][Sn]([CH2]CCC)([CH2]CCC)[O][Sn]([CH2]CCC)([O]CCCCC)[O]CCCCC. The van der Waals surface area contributed by atoms with Gasteiger partial charge >= 0.3 is 220 Å². The Morgan fingerprint density at radius 3 is 1.15 bits per heavy atom. The van der Waals surface area contributed by atoms with Gasteiger partial charge in [0.2, 0.25) is 0 Å². The van der Waals surface area contributed by atoms with Crippen LogP contribution in [0.15, 0.2) is 0 Å². The van der Waals surface area contributed by atoms with Crippen LogP contribution in [0, 0.1) is 0 Å². The Balaban J connectivity index is 5.80. The van der Waals surface area contributed by atoms with Crippen molar-refractivity contribution in [1.29, 1.82) is 0 Å². The van der Waals surface area contributed by atoms with E-state index in [4.69, 9.17) is 10.6 Å². The molecular weight excluding hydrogens is 626 g/mol. The molecule has 6 heteroatoms. The molecule has 200 valence electrons. The number of hydrogen-bond donors (Lipinski definition) is 0. The average molecular weight is 686 g/mol. The fourth-order valence-corrected chi connectivity index (χ4v) is 41.1. The van der Waals surface area contributed by atoms with E-state index < -0.39 is 38.8 Å². The predicted molar refractivity (Wildman–Crippen MR) is 148 cm³/mol. The fourth-order valence-electron chi connectivity index (χ4n) is 4.04. The zero-order valence-electron chi connectivity index (χ0n) is 23.5. The molecule has 0 unspecified atom stereocenters. The van der Waals surface area contributed by atoms with Crippen LogP contribution in [0.4, 0.5) is 0 Å². The van der Waals surface area contributed by atoms with Crippen LogP contribution in [0.3, 0.4) is 0 Å². The summed E-state index contributed by atoms with van der Waals surface area (Å²) < 4.78 is 31.3. The van der Waals surface area contributed by atoms with Crippen LogP contribution in [0.1, 0.15) is 138 Å². The molecule has 0 saturated carbocycles. The van der Waals surface area contributed by atoms with Gasteiger partial charge in [0.15, 0.2) is 0 Å². The molecule has 0 heterocycles. The summed E-state index contributed by atoms with van der Waals surface area (Å²) in [6.07, 6.45) is 17.9. The van der Waals surface area contributed by atoms with Crippen molar-refractivity contribution in [1.82, 2.24) is 0 Å². The molecule has 0 aliphatic heterocycles. The zero-order chi connectivity index (χ0) is 24.7. The summed E-state index contributed by atoms with van der Waals surface area (Å²) in [7, 11) is 0. The van der Waals surface area contributed by atoms with Crippen molar-refractivity contribution in [2.45, 2.75) is 151 Å². The van der Waals surface area contributed by atoms with Crippen LogP contribution in [0.25, 0.3) is 0 Å². The van der Waals surface area contributed by atoms with Gasteiger partial charge in [-0.25, -0.2) is 0 Å². The molecule has 0 aromatic carbocycles. The fraction of sp³-hybridized carbons (Fsp3) is 1.00. The van der Waals surface area contributed by atoms with Crippen LogP contribution < -0.4 is 0 Å². The van der Waals surface area contributed by atoms with Crippen molar-refractivity contribution in [2.75, 3.05) is 19.8 Å². The molecule has 0 saturated heterocycles. The van der Waals surface area contributed by atoms with E-state index in [0.717, 1.165) is 49.9 Å². The second-order valence-electron chi connectivity index (χ2n) is 9.67. The van der Waals surface area contributed by atoms with Crippen molar-refractivity contribution >= 4 is 38.8 Å². The zero-order valence-corrected chi connectivity index (χ0v) is 29.2. The van der Waals surface area contributed by atoms with Gasteiger partial charge in [-0.05, 0) is 0 Å². The van der Waals surface area contributed by atoms with Gasteiger partial charge in [-0.1, -0.05) is 0 Å². The standard InChI is InChI=1S/3C5H11O.3C4H9.O.2Sn/c3*1-2-3-4-5-6;3*1-3-4-2;;;/h3*2-5H2,1H3;3*1,3-4H2,2H3;;;/q3*-1;;;;;+1;+2. The van der Waals surface area contributed by atoms with Crippen LogP contribution in [0.5, 0.6) is 0 Å². The average Bonchev–Trinajstić information content (AvgIpc) is 2.83. The van der Waals surface area contributed by atoms with Crippen LogP contribution in [0.2, 0.25) is 13.3 Å². The van der Waals surface area contributed by atoms with Gasteiger partial charge in [0.1, 0.15) is 0 Å². The van der Waals surface area contributed by atoms with E-state index in [0.29, 0.717) is 0 Å². The predicted octanol–water partition coefficient (Wildman–Crippen LogP) is 9.40. The molecule has 0 aliphatic rings. The first-order chi connectivity index (χ1) is 16.1. The molecule has 0 aliphatic carbocycles. The van der Waals surface area contributed by atoms with Crippen molar-refractivity contribution in [3.8, 4) is 0 Å². The Morgan fingerprint density at radius 1 is 0.394 bits per heavy atom. The van der Waals surface area contributed by atoms with Crippen molar-refractivity contribution in [3.63, 3.8) is 0 Å². The molecule has 0 fully saturated rings. The third-order valence-electron chi connectivity index (χ3n) is 6.25. The van der Waals surface area contributed by atoms with Crippen molar-refractivity contribution in [2.24, 2.45) is 0 Å². The molecule has 0 atom stereocenters. The molecule has 0 radical (unpaired) electrons. The van der Waals surface area contributed by atoms with Gasteiger partial charge < -0.3 is 0 Å². The molecule has 0 aromatic rings. The number of unbranched alkanes of at least 4 members (excludes halogenated alkanes) is 9. The van der Waals surface area contributed by atoms with Gasteiger partial charge in [0, 0.05) is 0 Å². The Kier molecular flexibility index (Phi) is 24.9. The Bertz CT molecular complexity index is 390. The topological polar surface area (TPSA) is 36.9 Å². The second-order valence-corrected chi connectivity index (χ2v) is 30.0. The Morgan fingerprint density at radius 2 is 0.758 bits per heavy atom.